The van der Waals surface area contributed by atoms with Crippen molar-refractivity contribution in [1.82, 2.24) is 9.21 Å². The largest absolute Gasteiger partial charge is 0.368 e. The molecule has 0 N–H and O–H groups in total. The lowest BCUT2D eigenvalue weighted by Gasteiger charge is -2.37. The van der Waals surface area contributed by atoms with Gasteiger partial charge in [0.25, 0.3) is 0 Å². The molecular formula is C26H26BrCl2N3O3S. The first-order valence-corrected chi connectivity index (χ1v) is 14.4. The van der Waals surface area contributed by atoms with E-state index >= 15 is 0 Å². The minimum Gasteiger partial charge on any atom is -0.368 e. The van der Waals surface area contributed by atoms with Gasteiger partial charge in [0.2, 0.25) is 15.9 Å². The summed E-state index contributed by atoms with van der Waals surface area (Å²) in [5.74, 6) is -0.230. The predicted octanol–water partition coefficient (Wildman–Crippen LogP) is 5.60. The number of nitrogens with zero attached hydrogens (tertiary/aromatic N) is 3. The molecule has 3 aromatic carbocycles. The highest BCUT2D eigenvalue weighted by molar-refractivity contribution is 9.10. The van der Waals surface area contributed by atoms with Crippen molar-refractivity contribution in [3.63, 3.8) is 0 Å². The van der Waals surface area contributed by atoms with Crippen LogP contribution in [0.1, 0.15) is 11.1 Å². The highest BCUT2D eigenvalue weighted by Crippen LogP contribution is 2.26. The molecule has 0 spiro atoms. The number of rotatable bonds is 7. The summed E-state index contributed by atoms with van der Waals surface area (Å²) in [6.07, 6.45) is 0. The minimum atomic E-state index is -3.92. The average molecular weight is 611 g/mol. The van der Waals surface area contributed by atoms with E-state index in [0.29, 0.717) is 36.2 Å². The minimum absolute atomic E-state index is 0.0585. The maximum atomic E-state index is 13.5. The van der Waals surface area contributed by atoms with Crippen molar-refractivity contribution in [3.8, 4) is 0 Å². The highest BCUT2D eigenvalue weighted by Gasteiger charge is 2.30. The molecule has 0 bridgehead atoms. The lowest BCUT2D eigenvalue weighted by Crippen LogP contribution is -2.51. The van der Waals surface area contributed by atoms with Crippen LogP contribution in [0.3, 0.4) is 0 Å². The summed E-state index contributed by atoms with van der Waals surface area (Å²) in [5.41, 5.74) is 2.92. The zero-order valence-electron chi connectivity index (χ0n) is 19.7. The van der Waals surface area contributed by atoms with Crippen molar-refractivity contribution in [3.05, 3.63) is 92.4 Å². The van der Waals surface area contributed by atoms with Gasteiger partial charge in [-0.15, -0.1) is 0 Å². The Morgan fingerprint density at radius 3 is 2.17 bits per heavy atom. The summed E-state index contributed by atoms with van der Waals surface area (Å²) in [7, 11) is -3.92. The maximum Gasteiger partial charge on any atom is 0.243 e. The number of halogens is 3. The molecule has 1 fully saturated rings. The van der Waals surface area contributed by atoms with Crippen LogP contribution in [-0.4, -0.2) is 56.3 Å². The van der Waals surface area contributed by atoms with Gasteiger partial charge in [0.05, 0.1) is 11.4 Å². The Balaban J connectivity index is 1.50. The fourth-order valence-electron chi connectivity index (χ4n) is 4.15. The molecule has 0 aliphatic carbocycles. The van der Waals surface area contributed by atoms with E-state index in [2.05, 4.69) is 20.8 Å². The number of aryl methyl sites for hydroxylation is 1. The molecule has 36 heavy (non-hydrogen) atoms. The van der Waals surface area contributed by atoms with Crippen molar-refractivity contribution < 1.29 is 13.2 Å². The summed E-state index contributed by atoms with van der Waals surface area (Å²) in [4.78, 5) is 17.4. The van der Waals surface area contributed by atoms with Gasteiger partial charge in [-0.3, -0.25) is 4.79 Å². The smallest absolute Gasteiger partial charge is 0.243 e. The molecule has 0 saturated carbocycles. The number of carbonyl (C=O) groups is 1. The zero-order valence-corrected chi connectivity index (χ0v) is 23.6. The van der Waals surface area contributed by atoms with Crippen LogP contribution >= 0.6 is 39.1 Å². The van der Waals surface area contributed by atoms with E-state index in [9.17, 15) is 13.2 Å². The van der Waals surface area contributed by atoms with Crippen molar-refractivity contribution in [1.29, 1.82) is 0 Å². The fraction of sp³-hybridized carbons (Fsp3) is 0.269. The van der Waals surface area contributed by atoms with Crippen LogP contribution in [0.5, 0.6) is 0 Å². The summed E-state index contributed by atoms with van der Waals surface area (Å²) in [6, 6.07) is 19.1. The molecule has 10 heteroatoms. The van der Waals surface area contributed by atoms with Crippen LogP contribution in [0.25, 0.3) is 0 Å². The molecule has 0 atom stereocenters. The van der Waals surface area contributed by atoms with Gasteiger partial charge >= 0.3 is 0 Å². The number of piperazine rings is 1. The highest BCUT2D eigenvalue weighted by atomic mass is 79.9. The molecule has 0 aromatic heterocycles. The van der Waals surface area contributed by atoms with Crippen LogP contribution in [0.4, 0.5) is 5.69 Å². The molecule has 0 unspecified atom stereocenters. The number of carbonyl (C=O) groups excluding carboxylic acids is 1. The normalized spacial score (nSPS) is 14.4. The first-order chi connectivity index (χ1) is 17.1. The monoisotopic (exact) mass is 609 g/mol. The van der Waals surface area contributed by atoms with Crippen LogP contribution in [-0.2, 0) is 21.4 Å². The lowest BCUT2D eigenvalue weighted by molar-refractivity contribution is -0.131. The lowest BCUT2D eigenvalue weighted by atomic mass is 10.1. The molecule has 1 aliphatic heterocycles. The molecule has 6 nitrogen and oxygen atoms in total. The molecule has 1 heterocycles. The first-order valence-electron chi connectivity index (χ1n) is 11.4. The van der Waals surface area contributed by atoms with Crippen LogP contribution in [0.15, 0.2) is 76.1 Å². The van der Waals surface area contributed by atoms with E-state index in [0.717, 1.165) is 21.3 Å². The molecular weight excluding hydrogens is 585 g/mol. The van der Waals surface area contributed by atoms with Crippen LogP contribution in [0.2, 0.25) is 10.0 Å². The second-order valence-corrected chi connectivity index (χ2v) is 12.4. The predicted molar refractivity (Wildman–Crippen MR) is 148 cm³/mol. The zero-order chi connectivity index (χ0) is 25.9. The molecule has 1 aliphatic rings. The van der Waals surface area contributed by atoms with Crippen molar-refractivity contribution in [2.45, 2.75) is 18.4 Å². The number of hydrogen-bond donors (Lipinski definition) is 0. The first kappa shape index (κ1) is 26.9. The number of amides is 1. The number of sulfonamides is 1. The Labute approximate surface area is 230 Å². The van der Waals surface area contributed by atoms with E-state index in [1.807, 2.05) is 25.1 Å². The SMILES string of the molecule is Cc1ccc(Cl)cc1N1CCN(C(=O)CN(Cc2ccc(Cl)cc2)S(=O)(=O)c2ccc(Br)cc2)CC1. The van der Waals surface area contributed by atoms with E-state index in [4.69, 9.17) is 23.2 Å². The summed E-state index contributed by atoms with van der Waals surface area (Å²) in [5, 5.41) is 1.23. The topological polar surface area (TPSA) is 60.9 Å². The molecule has 1 amide bonds. The van der Waals surface area contributed by atoms with Gasteiger partial charge in [0.15, 0.2) is 0 Å². The standard InChI is InChI=1S/C26H26BrCl2N3O3S/c1-19-2-7-23(29)16-25(19)30-12-14-31(15-13-30)26(33)18-32(17-20-3-8-22(28)9-4-20)36(34,35)24-10-5-21(27)6-11-24/h2-11,16H,12-15,17-18H2,1H3. The fourth-order valence-corrected chi connectivity index (χ4v) is 6.08. The van der Waals surface area contributed by atoms with Crippen LogP contribution < -0.4 is 4.90 Å². The summed E-state index contributed by atoms with van der Waals surface area (Å²) < 4.78 is 29.1. The Kier molecular flexibility index (Phi) is 8.63. The maximum absolute atomic E-state index is 13.5. The Bertz CT molecular complexity index is 1330. The van der Waals surface area contributed by atoms with Gasteiger partial charge in [-0.05, 0) is 66.6 Å². The number of hydrogen-bond acceptors (Lipinski definition) is 4. The van der Waals surface area contributed by atoms with Gasteiger partial charge in [-0.25, -0.2) is 8.42 Å². The van der Waals surface area contributed by atoms with E-state index in [-0.39, 0.29) is 23.9 Å². The van der Waals surface area contributed by atoms with Gasteiger partial charge in [-0.2, -0.15) is 4.31 Å². The Morgan fingerprint density at radius 2 is 1.53 bits per heavy atom. The third-order valence-electron chi connectivity index (χ3n) is 6.18. The Hall–Kier alpha value is -2.10. The molecule has 3 aromatic rings. The molecule has 1 saturated heterocycles. The van der Waals surface area contributed by atoms with E-state index in [1.165, 1.54) is 16.4 Å². The molecule has 4 rings (SSSR count). The molecule has 0 radical (unpaired) electrons. The Morgan fingerprint density at radius 1 is 0.917 bits per heavy atom. The van der Waals surface area contributed by atoms with Gasteiger partial charge in [-0.1, -0.05) is 57.3 Å². The molecule has 190 valence electrons. The van der Waals surface area contributed by atoms with Crippen LogP contribution in [0, 0.1) is 6.92 Å². The average Bonchev–Trinajstić information content (AvgIpc) is 2.86. The van der Waals surface area contributed by atoms with Gasteiger partial charge in [0, 0.05) is 52.9 Å². The van der Waals surface area contributed by atoms with Gasteiger partial charge in [0.1, 0.15) is 0 Å². The van der Waals surface area contributed by atoms with Gasteiger partial charge < -0.3 is 9.80 Å². The van der Waals surface area contributed by atoms with Crippen molar-refractivity contribution in [2.75, 3.05) is 37.6 Å². The second-order valence-electron chi connectivity index (χ2n) is 8.65. The summed E-state index contributed by atoms with van der Waals surface area (Å²) >= 11 is 15.5. The van der Waals surface area contributed by atoms with E-state index in [1.54, 1.807) is 41.3 Å². The third-order valence-corrected chi connectivity index (χ3v) is 9.00. The number of anilines is 1. The van der Waals surface area contributed by atoms with E-state index < -0.39 is 10.0 Å². The summed E-state index contributed by atoms with van der Waals surface area (Å²) in [6.45, 7) is 4.12. The van der Waals surface area contributed by atoms with Crippen molar-refractivity contribution in [2.24, 2.45) is 0 Å². The number of benzene rings is 3. The quantitative estimate of drug-likeness (QED) is 0.349. The third kappa shape index (κ3) is 6.42. The van der Waals surface area contributed by atoms with Crippen molar-refractivity contribution >= 4 is 60.7 Å². The second kappa shape index (κ2) is 11.5.